The lowest BCUT2D eigenvalue weighted by atomic mass is 9.97. The van der Waals surface area contributed by atoms with Crippen LogP contribution in [0.25, 0.3) is 0 Å². The van der Waals surface area contributed by atoms with Crippen LogP contribution < -0.4 is 5.32 Å². The molecule has 0 atom stereocenters. The minimum absolute atomic E-state index is 0.112. The van der Waals surface area contributed by atoms with E-state index in [0.29, 0.717) is 18.3 Å². The Morgan fingerprint density at radius 1 is 1.53 bits per heavy atom. The van der Waals surface area contributed by atoms with Gasteiger partial charge in [0.2, 0.25) is 5.89 Å². The summed E-state index contributed by atoms with van der Waals surface area (Å²) in [6.45, 7) is 6.09. The van der Waals surface area contributed by atoms with Crippen molar-refractivity contribution in [2.45, 2.75) is 32.7 Å². The molecule has 0 saturated carbocycles. The molecule has 0 bridgehead atoms. The van der Waals surface area contributed by atoms with E-state index in [-0.39, 0.29) is 12.0 Å². The SMILES string of the molecule is CC(C)(C)c1nc(CNCC(=O)O)no1. The maximum Gasteiger partial charge on any atom is 0.317 e. The van der Waals surface area contributed by atoms with Crippen LogP contribution in [-0.2, 0) is 16.8 Å². The van der Waals surface area contributed by atoms with Crippen LogP contribution in [0.15, 0.2) is 4.52 Å². The number of carbonyl (C=O) groups is 1. The lowest BCUT2D eigenvalue weighted by molar-refractivity contribution is -0.136. The normalized spacial score (nSPS) is 11.7. The highest BCUT2D eigenvalue weighted by Crippen LogP contribution is 2.19. The standard InChI is InChI=1S/C9H15N3O3/c1-9(2,3)8-11-6(12-15-8)4-10-5-7(13)14/h10H,4-5H2,1-3H3,(H,13,14). The molecule has 0 aliphatic carbocycles. The minimum Gasteiger partial charge on any atom is -0.480 e. The Kier molecular flexibility index (Phi) is 3.41. The molecule has 0 fully saturated rings. The third-order valence-corrected chi connectivity index (χ3v) is 1.67. The zero-order valence-corrected chi connectivity index (χ0v) is 9.07. The van der Waals surface area contributed by atoms with Crippen LogP contribution in [0.4, 0.5) is 0 Å². The van der Waals surface area contributed by atoms with E-state index in [4.69, 9.17) is 9.63 Å². The molecular weight excluding hydrogens is 198 g/mol. The summed E-state index contributed by atoms with van der Waals surface area (Å²) < 4.78 is 5.04. The number of rotatable bonds is 4. The van der Waals surface area contributed by atoms with Gasteiger partial charge in [-0.15, -0.1) is 0 Å². The van der Waals surface area contributed by atoms with Crippen LogP contribution in [0.5, 0.6) is 0 Å². The molecule has 1 heterocycles. The summed E-state index contributed by atoms with van der Waals surface area (Å²) in [4.78, 5) is 14.4. The number of hydrogen-bond donors (Lipinski definition) is 2. The van der Waals surface area contributed by atoms with E-state index in [9.17, 15) is 4.79 Å². The second kappa shape index (κ2) is 4.39. The van der Waals surface area contributed by atoms with Crippen molar-refractivity contribution in [1.29, 1.82) is 0 Å². The van der Waals surface area contributed by atoms with Gasteiger partial charge in [-0.3, -0.25) is 10.1 Å². The summed E-state index contributed by atoms with van der Waals surface area (Å²) in [7, 11) is 0. The Hall–Kier alpha value is -1.43. The zero-order valence-electron chi connectivity index (χ0n) is 9.07. The third kappa shape index (κ3) is 3.67. The predicted octanol–water partition coefficient (Wildman–Crippen LogP) is 0.541. The van der Waals surface area contributed by atoms with Gasteiger partial charge in [0.25, 0.3) is 0 Å². The van der Waals surface area contributed by atoms with Crippen molar-refractivity contribution in [3.63, 3.8) is 0 Å². The van der Waals surface area contributed by atoms with E-state index in [1.54, 1.807) is 0 Å². The predicted molar refractivity (Wildman–Crippen MR) is 52.3 cm³/mol. The second-order valence-electron chi connectivity index (χ2n) is 4.26. The first-order valence-electron chi connectivity index (χ1n) is 4.65. The summed E-state index contributed by atoms with van der Waals surface area (Å²) in [5.74, 6) is 0.116. The topological polar surface area (TPSA) is 88.2 Å². The molecule has 0 amide bonds. The number of aromatic nitrogens is 2. The van der Waals surface area contributed by atoms with Crippen molar-refractivity contribution in [2.24, 2.45) is 0 Å². The highest BCUT2D eigenvalue weighted by Gasteiger charge is 2.21. The summed E-state index contributed by atoms with van der Waals surface area (Å²) >= 11 is 0. The highest BCUT2D eigenvalue weighted by molar-refractivity contribution is 5.68. The van der Waals surface area contributed by atoms with E-state index in [1.165, 1.54) is 0 Å². The van der Waals surface area contributed by atoms with Gasteiger partial charge < -0.3 is 9.63 Å². The van der Waals surface area contributed by atoms with Gasteiger partial charge in [0, 0.05) is 5.41 Å². The van der Waals surface area contributed by atoms with Gasteiger partial charge in [0.15, 0.2) is 5.82 Å². The first-order chi connectivity index (χ1) is 6.89. The van der Waals surface area contributed by atoms with E-state index in [1.807, 2.05) is 20.8 Å². The van der Waals surface area contributed by atoms with E-state index >= 15 is 0 Å². The molecule has 15 heavy (non-hydrogen) atoms. The molecule has 0 aliphatic rings. The number of nitrogens with zero attached hydrogens (tertiary/aromatic N) is 2. The molecule has 6 nitrogen and oxygen atoms in total. The summed E-state index contributed by atoms with van der Waals surface area (Å²) in [6.07, 6.45) is 0. The van der Waals surface area contributed by atoms with Crippen molar-refractivity contribution in [3.8, 4) is 0 Å². The highest BCUT2D eigenvalue weighted by atomic mass is 16.5. The Bertz CT molecular complexity index is 341. The molecule has 1 aromatic heterocycles. The maximum absolute atomic E-state index is 10.2. The number of aliphatic carboxylic acids is 1. The van der Waals surface area contributed by atoms with Crippen molar-refractivity contribution in [2.75, 3.05) is 6.54 Å². The molecule has 1 aromatic rings. The monoisotopic (exact) mass is 213 g/mol. The summed E-state index contributed by atoms with van der Waals surface area (Å²) in [5, 5.41) is 14.8. The van der Waals surface area contributed by atoms with Crippen LogP contribution in [-0.4, -0.2) is 27.8 Å². The Labute approximate surface area is 87.7 Å². The molecule has 0 aliphatic heterocycles. The van der Waals surface area contributed by atoms with E-state index < -0.39 is 5.97 Å². The largest absolute Gasteiger partial charge is 0.480 e. The molecule has 2 N–H and O–H groups in total. The molecule has 0 aromatic carbocycles. The van der Waals surface area contributed by atoms with Gasteiger partial charge in [0.1, 0.15) is 0 Å². The van der Waals surface area contributed by atoms with Crippen molar-refractivity contribution < 1.29 is 14.4 Å². The van der Waals surface area contributed by atoms with Gasteiger partial charge in [-0.2, -0.15) is 4.98 Å². The molecule has 1 rings (SSSR count). The fraction of sp³-hybridized carbons (Fsp3) is 0.667. The van der Waals surface area contributed by atoms with E-state index in [2.05, 4.69) is 15.5 Å². The number of carboxylic acids is 1. The molecule has 84 valence electrons. The number of carboxylic acid groups (broad SMARTS) is 1. The van der Waals surface area contributed by atoms with Gasteiger partial charge in [-0.05, 0) is 0 Å². The third-order valence-electron chi connectivity index (χ3n) is 1.67. The molecule has 0 unspecified atom stereocenters. The average molecular weight is 213 g/mol. The van der Waals surface area contributed by atoms with Crippen molar-refractivity contribution in [3.05, 3.63) is 11.7 Å². The molecular formula is C9H15N3O3. The Morgan fingerprint density at radius 3 is 2.67 bits per heavy atom. The zero-order chi connectivity index (χ0) is 11.5. The summed E-state index contributed by atoms with van der Waals surface area (Å²) in [5.41, 5.74) is -0.182. The number of nitrogens with one attached hydrogen (secondary N) is 1. The molecule has 0 radical (unpaired) electrons. The number of hydrogen-bond acceptors (Lipinski definition) is 5. The van der Waals surface area contributed by atoms with Crippen LogP contribution in [0.1, 0.15) is 32.5 Å². The van der Waals surface area contributed by atoms with Gasteiger partial charge in [0.05, 0.1) is 13.1 Å². The Balaban J connectivity index is 2.50. The minimum atomic E-state index is -0.908. The lowest BCUT2D eigenvalue weighted by Crippen LogP contribution is -2.22. The fourth-order valence-electron chi connectivity index (χ4n) is 0.912. The summed E-state index contributed by atoms with van der Waals surface area (Å²) in [6, 6.07) is 0. The van der Waals surface area contributed by atoms with Crippen LogP contribution in [0.2, 0.25) is 0 Å². The van der Waals surface area contributed by atoms with Crippen LogP contribution in [0, 0.1) is 0 Å². The second-order valence-corrected chi connectivity index (χ2v) is 4.26. The average Bonchev–Trinajstić information content (AvgIpc) is 2.51. The maximum atomic E-state index is 10.2. The molecule has 6 heteroatoms. The van der Waals surface area contributed by atoms with Crippen molar-refractivity contribution in [1.82, 2.24) is 15.5 Å². The molecule has 0 spiro atoms. The smallest absolute Gasteiger partial charge is 0.317 e. The van der Waals surface area contributed by atoms with Crippen LogP contribution >= 0.6 is 0 Å². The van der Waals surface area contributed by atoms with Crippen LogP contribution in [0.3, 0.4) is 0 Å². The van der Waals surface area contributed by atoms with E-state index in [0.717, 1.165) is 0 Å². The lowest BCUT2D eigenvalue weighted by Gasteiger charge is -2.10. The quantitative estimate of drug-likeness (QED) is 0.759. The van der Waals surface area contributed by atoms with Gasteiger partial charge >= 0.3 is 5.97 Å². The molecule has 0 saturated heterocycles. The first-order valence-corrected chi connectivity index (χ1v) is 4.65. The van der Waals surface area contributed by atoms with Gasteiger partial charge in [-0.1, -0.05) is 25.9 Å². The fourth-order valence-corrected chi connectivity index (χ4v) is 0.912. The van der Waals surface area contributed by atoms with Gasteiger partial charge in [-0.25, -0.2) is 0 Å². The van der Waals surface area contributed by atoms with Crippen molar-refractivity contribution >= 4 is 5.97 Å². The Morgan fingerprint density at radius 2 is 2.20 bits per heavy atom. The first kappa shape index (κ1) is 11.6.